The van der Waals surface area contributed by atoms with Crippen LogP contribution in [0.1, 0.15) is 0 Å². The van der Waals surface area contributed by atoms with Crippen LogP contribution < -0.4 is 15.0 Å². The van der Waals surface area contributed by atoms with Crippen LogP contribution in [0.15, 0.2) is 67.1 Å². The molecule has 0 atom stereocenters. The van der Waals surface area contributed by atoms with Crippen molar-refractivity contribution < 1.29 is 14.1 Å². The molecule has 190 valence electrons. The summed E-state index contributed by atoms with van der Waals surface area (Å²) in [5, 5.41) is 15.2. The second-order valence-corrected chi connectivity index (χ2v) is 8.74. The minimum atomic E-state index is -0.372. The fourth-order valence-electron chi connectivity index (χ4n) is 4.37. The average Bonchev–Trinajstić information content (AvgIpc) is 3.40. The molecule has 10 nitrogen and oxygen atoms in total. The third kappa shape index (κ3) is 5.07. The Morgan fingerprint density at radius 2 is 1.78 bits per heavy atom. The molecule has 0 unspecified atom stereocenters. The van der Waals surface area contributed by atoms with E-state index in [0.717, 1.165) is 24.3 Å². The van der Waals surface area contributed by atoms with Crippen molar-refractivity contribution in [3.8, 4) is 22.8 Å². The molecule has 2 aromatic carbocycles. The Labute approximate surface area is 213 Å². The van der Waals surface area contributed by atoms with Gasteiger partial charge in [0.25, 0.3) is 5.69 Å². The molecule has 1 fully saturated rings. The van der Waals surface area contributed by atoms with Crippen molar-refractivity contribution in [2.24, 2.45) is 0 Å². The standard InChI is InChI=1S/C26H26FN7O3/c1-31-11-13-32(14-12-31)22-17-24(37-2)21(16-23(22)34(35)36)30-25-15-20(7-8-28-25)33-10-9-29-26(33)18-3-5-19(27)6-4-18/h3-10,15-17H,11-14H2,1-2H3,(H,28,30). The zero-order chi connectivity index (χ0) is 25.9. The Hall–Kier alpha value is -4.51. The highest BCUT2D eigenvalue weighted by atomic mass is 19.1. The number of hydrogen-bond donors (Lipinski definition) is 1. The van der Waals surface area contributed by atoms with Crippen LogP contribution in [0, 0.1) is 15.9 Å². The number of hydrogen-bond acceptors (Lipinski definition) is 8. The highest BCUT2D eigenvalue weighted by Crippen LogP contribution is 2.40. The predicted octanol–water partition coefficient (Wildman–Crippen LogP) is 4.49. The molecule has 0 saturated carbocycles. The van der Waals surface area contributed by atoms with E-state index in [9.17, 15) is 14.5 Å². The minimum absolute atomic E-state index is 0.00258. The molecule has 1 aliphatic rings. The first-order chi connectivity index (χ1) is 17.9. The smallest absolute Gasteiger partial charge is 0.294 e. The second kappa shape index (κ2) is 10.2. The number of halogens is 1. The molecule has 0 spiro atoms. The van der Waals surface area contributed by atoms with Gasteiger partial charge in [0.05, 0.1) is 23.4 Å². The summed E-state index contributed by atoms with van der Waals surface area (Å²) in [7, 11) is 3.57. The summed E-state index contributed by atoms with van der Waals surface area (Å²) >= 11 is 0. The van der Waals surface area contributed by atoms with E-state index in [4.69, 9.17) is 4.74 Å². The number of nitrogens with one attached hydrogen (secondary N) is 1. The Balaban J connectivity index is 1.47. The Morgan fingerprint density at radius 3 is 2.49 bits per heavy atom. The van der Waals surface area contributed by atoms with Gasteiger partial charge in [-0.2, -0.15) is 0 Å². The number of imidazole rings is 1. The number of nitro groups is 1. The number of pyridine rings is 1. The molecule has 11 heteroatoms. The number of nitro benzene ring substituents is 1. The number of likely N-dealkylation sites (N-methyl/N-ethyl adjacent to an activating group) is 1. The predicted molar refractivity (Wildman–Crippen MR) is 139 cm³/mol. The topological polar surface area (TPSA) is 102 Å². The van der Waals surface area contributed by atoms with Crippen molar-refractivity contribution >= 4 is 22.9 Å². The zero-order valence-electron chi connectivity index (χ0n) is 20.5. The van der Waals surface area contributed by atoms with Crippen molar-refractivity contribution in [1.29, 1.82) is 0 Å². The van der Waals surface area contributed by atoms with Gasteiger partial charge in [-0.05, 0) is 37.4 Å². The summed E-state index contributed by atoms with van der Waals surface area (Å²) in [5.74, 6) is 1.26. The first-order valence-corrected chi connectivity index (χ1v) is 11.8. The quantitative estimate of drug-likeness (QED) is 0.291. The van der Waals surface area contributed by atoms with Gasteiger partial charge in [-0.25, -0.2) is 14.4 Å². The van der Waals surface area contributed by atoms with Gasteiger partial charge in [0.2, 0.25) is 0 Å². The van der Waals surface area contributed by atoms with Crippen molar-refractivity contribution in [2.45, 2.75) is 0 Å². The number of aromatic nitrogens is 3. The zero-order valence-corrected chi connectivity index (χ0v) is 20.5. The molecular weight excluding hydrogens is 477 g/mol. The van der Waals surface area contributed by atoms with Gasteiger partial charge >= 0.3 is 0 Å². The van der Waals surface area contributed by atoms with E-state index in [1.165, 1.54) is 25.3 Å². The van der Waals surface area contributed by atoms with Crippen LogP contribution in [-0.2, 0) is 0 Å². The van der Waals surface area contributed by atoms with Crippen molar-refractivity contribution in [1.82, 2.24) is 19.4 Å². The van der Waals surface area contributed by atoms with Gasteiger partial charge < -0.3 is 19.9 Å². The fraction of sp³-hybridized carbons (Fsp3) is 0.231. The molecule has 1 aliphatic heterocycles. The molecule has 0 radical (unpaired) electrons. The molecule has 0 bridgehead atoms. The van der Waals surface area contributed by atoms with Gasteiger partial charge in [-0.1, -0.05) is 0 Å². The molecule has 0 aliphatic carbocycles. The molecule has 0 amide bonds. The van der Waals surface area contributed by atoms with E-state index in [2.05, 4.69) is 20.2 Å². The molecule has 5 rings (SSSR count). The molecule has 37 heavy (non-hydrogen) atoms. The lowest BCUT2D eigenvalue weighted by atomic mass is 10.1. The third-order valence-electron chi connectivity index (χ3n) is 6.36. The Kier molecular flexibility index (Phi) is 6.69. The van der Waals surface area contributed by atoms with Crippen LogP contribution >= 0.6 is 0 Å². The molecule has 1 saturated heterocycles. The van der Waals surface area contributed by atoms with E-state index < -0.39 is 0 Å². The lowest BCUT2D eigenvalue weighted by Crippen LogP contribution is -2.44. The van der Waals surface area contributed by atoms with Gasteiger partial charge in [-0.15, -0.1) is 0 Å². The van der Waals surface area contributed by atoms with Crippen molar-refractivity contribution in [3.05, 3.63) is 83.1 Å². The first kappa shape index (κ1) is 24.2. The average molecular weight is 504 g/mol. The molecular formula is C26H26FN7O3. The molecule has 4 aromatic rings. The number of piperazine rings is 1. The van der Waals surface area contributed by atoms with E-state index in [-0.39, 0.29) is 16.4 Å². The number of rotatable bonds is 7. The van der Waals surface area contributed by atoms with Gasteiger partial charge in [0.1, 0.15) is 28.9 Å². The summed E-state index contributed by atoms with van der Waals surface area (Å²) in [5.41, 5.74) is 2.48. The summed E-state index contributed by atoms with van der Waals surface area (Å²) in [6, 6.07) is 12.9. The van der Waals surface area contributed by atoms with Gasteiger partial charge in [0.15, 0.2) is 0 Å². The summed E-state index contributed by atoms with van der Waals surface area (Å²) in [6.07, 6.45) is 5.09. The van der Waals surface area contributed by atoms with Crippen LogP contribution in [0.2, 0.25) is 0 Å². The number of benzene rings is 2. The summed E-state index contributed by atoms with van der Waals surface area (Å²) < 4.78 is 20.9. The second-order valence-electron chi connectivity index (χ2n) is 8.74. The Bertz CT molecular complexity index is 1420. The van der Waals surface area contributed by atoms with Gasteiger partial charge in [-0.3, -0.25) is 14.7 Å². The molecule has 2 aromatic heterocycles. The van der Waals surface area contributed by atoms with Crippen LogP contribution in [0.4, 0.5) is 27.3 Å². The largest absolute Gasteiger partial charge is 0.494 e. The summed E-state index contributed by atoms with van der Waals surface area (Å²) in [4.78, 5) is 24.6. The molecule has 1 N–H and O–H groups in total. The van der Waals surface area contributed by atoms with E-state index in [1.807, 2.05) is 22.6 Å². The van der Waals surface area contributed by atoms with Crippen LogP contribution in [-0.4, -0.2) is 64.7 Å². The van der Waals surface area contributed by atoms with Gasteiger partial charge in [0, 0.05) is 68.5 Å². The lowest BCUT2D eigenvalue weighted by molar-refractivity contribution is -0.384. The van der Waals surface area contributed by atoms with E-state index in [0.29, 0.717) is 41.9 Å². The maximum Gasteiger partial charge on any atom is 0.294 e. The number of nitrogens with zero attached hydrogens (tertiary/aromatic N) is 6. The number of methoxy groups -OCH3 is 1. The first-order valence-electron chi connectivity index (χ1n) is 11.8. The minimum Gasteiger partial charge on any atom is -0.494 e. The highest BCUT2D eigenvalue weighted by molar-refractivity contribution is 5.77. The third-order valence-corrected chi connectivity index (χ3v) is 6.36. The number of ether oxygens (including phenoxy) is 1. The van der Waals surface area contributed by atoms with Crippen LogP contribution in [0.5, 0.6) is 5.75 Å². The van der Waals surface area contributed by atoms with Crippen LogP contribution in [0.25, 0.3) is 17.1 Å². The molecule has 3 heterocycles. The fourth-order valence-corrected chi connectivity index (χ4v) is 4.37. The maximum absolute atomic E-state index is 13.4. The SMILES string of the molecule is COc1cc(N2CCN(C)CC2)c([N+](=O)[O-])cc1Nc1cc(-n2ccnc2-c2ccc(F)cc2)ccn1. The van der Waals surface area contributed by atoms with Crippen molar-refractivity contribution in [2.75, 3.05) is 50.6 Å². The van der Waals surface area contributed by atoms with E-state index >= 15 is 0 Å². The van der Waals surface area contributed by atoms with E-state index in [1.54, 1.807) is 42.9 Å². The number of anilines is 3. The Morgan fingerprint density at radius 1 is 1.03 bits per heavy atom. The normalized spacial score (nSPS) is 14.0. The lowest BCUT2D eigenvalue weighted by Gasteiger charge is -2.34. The van der Waals surface area contributed by atoms with Crippen molar-refractivity contribution in [3.63, 3.8) is 0 Å². The highest BCUT2D eigenvalue weighted by Gasteiger charge is 2.26. The summed E-state index contributed by atoms with van der Waals surface area (Å²) in [6.45, 7) is 3.03. The van der Waals surface area contributed by atoms with Crippen LogP contribution in [0.3, 0.4) is 0 Å². The maximum atomic E-state index is 13.4. The monoisotopic (exact) mass is 503 g/mol.